The lowest BCUT2D eigenvalue weighted by molar-refractivity contribution is 0.796. The van der Waals surface area contributed by atoms with Crippen LogP contribution in [0.25, 0.3) is 10.6 Å². The molecule has 1 nitrogen and oxygen atoms in total. The maximum absolute atomic E-state index is 3.33. The second kappa shape index (κ2) is 4.47. The molecule has 0 aliphatic rings. The number of H-pyrrole nitrogens is 1. The van der Waals surface area contributed by atoms with Crippen LogP contribution in [0.4, 0.5) is 0 Å². The van der Waals surface area contributed by atoms with Gasteiger partial charge in [-0.15, -0.1) is 11.3 Å². The fourth-order valence-corrected chi connectivity index (χ4v) is 2.24. The molecule has 2 aromatic heterocycles. The van der Waals surface area contributed by atoms with E-state index in [2.05, 4.69) is 41.7 Å². The molecule has 0 bridgehead atoms. The molecule has 74 valence electrons. The zero-order chi connectivity index (χ0) is 9.80. The van der Waals surface area contributed by atoms with Crippen LogP contribution in [0.15, 0.2) is 29.8 Å². The third-order valence-electron chi connectivity index (χ3n) is 2.35. The highest BCUT2D eigenvalue weighted by atomic mass is 32.1. The van der Waals surface area contributed by atoms with Crippen LogP contribution < -0.4 is 0 Å². The molecule has 14 heavy (non-hydrogen) atoms. The van der Waals surface area contributed by atoms with E-state index in [0.717, 1.165) is 0 Å². The van der Waals surface area contributed by atoms with Crippen molar-refractivity contribution in [2.45, 2.75) is 26.2 Å². The van der Waals surface area contributed by atoms with Crippen LogP contribution in [0.5, 0.6) is 0 Å². The van der Waals surface area contributed by atoms with Crippen molar-refractivity contribution in [3.05, 3.63) is 35.3 Å². The van der Waals surface area contributed by atoms with Gasteiger partial charge in [0.1, 0.15) is 0 Å². The van der Waals surface area contributed by atoms with Crippen LogP contribution in [0.2, 0.25) is 0 Å². The van der Waals surface area contributed by atoms with Gasteiger partial charge in [-0.25, -0.2) is 0 Å². The van der Waals surface area contributed by atoms with E-state index in [4.69, 9.17) is 0 Å². The van der Waals surface area contributed by atoms with Gasteiger partial charge in [0, 0.05) is 6.20 Å². The molecule has 0 aliphatic heterocycles. The van der Waals surface area contributed by atoms with Crippen LogP contribution in [0.1, 0.15) is 25.3 Å². The first-order valence-corrected chi connectivity index (χ1v) is 5.99. The van der Waals surface area contributed by atoms with Crippen molar-refractivity contribution in [3.63, 3.8) is 0 Å². The van der Waals surface area contributed by atoms with E-state index >= 15 is 0 Å². The molecule has 0 amide bonds. The van der Waals surface area contributed by atoms with E-state index in [-0.39, 0.29) is 0 Å². The average Bonchev–Trinajstić information content (AvgIpc) is 2.85. The van der Waals surface area contributed by atoms with Gasteiger partial charge in [-0.2, -0.15) is 0 Å². The molecule has 0 aliphatic carbocycles. The summed E-state index contributed by atoms with van der Waals surface area (Å²) in [7, 11) is 0. The highest BCUT2D eigenvalue weighted by Crippen LogP contribution is 2.24. The summed E-state index contributed by atoms with van der Waals surface area (Å²) < 4.78 is 0. The standard InChI is InChI=1S/C12H15NS/c1-2-3-5-10-8-11(13-9-10)12-6-4-7-14-12/h4,6-9,13H,2-3,5H2,1H3. The van der Waals surface area contributed by atoms with Crippen LogP contribution in [0.3, 0.4) is 0 Å². The maximum Gasteiger partial charge on any atom is 0.0558 e. The maximum atomic E-state index is 3.33. The minimum atomic E-state index is 1.19. The smallest absolute Gasteiger partial charge is 0.0558 e. The van der Waals surface area contributed by atoms with Crippen LogP contribution in [-0.4, -0.2) is 4.98 Å². The van der Waals surface area contributed by atoms with Crippen molar-refractivity contribution in [2.75, 3.05) is 0 Å². The van der Waals surface area contributed by atoms with Crippen LogP contribution in [-0.2, 0) is 6.42 Å². The number of unbranched alkanes of at least 4 members (excludes halogenated alkanes) is 1. The normalized spacial score (nSPS) is 10.6. The number of aromatic nitrogens is 1. The summed E-state index contributed by atoms with van der Waals surface area (Å²) in [6.45, 7) is 2.23. The Hall–Kier alpha value is -1.02. The molecule has 0 spiro atoms. The highest BCUT2D eigenvalue weighted by molar-refractivity contribution is 7.13. The zero-order valence-corrected chi connectivity index (χ0v) is 9.23. The predicted octanol–water partition coefficient (Wildman–Crippen LogP) is 4.09. The van der Waals surface area contributed by atoms with Gasteiger partial charge in [0.2, 0.25) is 0 Å². The van der Waals surface area contributed by atoms with E-state index in [1.807, 2.05) is 0 Å². The summed E-state index contributed by atoms with van der Waals surface area (Å²) >= 11 is 1.78. The Kier molecular flexibility index (Phi) is 3.04. The third-order valence-corrected chi connectivity index (χ3v) is 3.25. The first-order chi connectivity index (χ1) is 6.90. The van der Waals surface area contributed by atoms with Crippen LogP contribution >= 0.6 is 11.3 Å². The molecule has 0 saturated heterocycles. The molecule has 1 N–H and O–H groups in total. The summed E-state index contributed by atoms with van der Waals surface area (Å²) in [5, 5.41) is 2.11. The third kappa shape index (κ3) is 2.07. The zero-order valence-electron chi connectivity index (χ0n) is 8.42. The van der Waals surface area contributed by atoms with Gasteiger partial charge >= 0.3 is 0 Å². The minimum absolute atomic E-state index is 1.19. The van der Waals surface area contributed by atoms with Crippen molar-refractivity contribution < 1.29 is 0 Å². The quantitative estimate of drug-likeness (QED) is 0.774. The molecule has 2 heterocycles. The highest BCUT2D eigenvalue weighted by Gasteiger charge is 2.01. The second-order valence-corrected chi connectivity index (χ2v) is 4.45. The predicted molar refractivity (Wildman–Crippen MR) is 62.7 cm³/mol. The molecule has 0 aromatic carbocycles. The Morgan fingerprint density at radius 1 is 1.43 bits per heavy atom. The second-order valence-electron chi connectivity index (χ2n) is 3.50. The van der Waals surface area contributed by atoms with E-state index in [1.54, 1.807) is 11.3 Å². The first kappa shape index (κ1) is 9.53. The molecule has 2 aromatic rings. The number of nitrogens with one attached hydrogen (secondary N) is 1. The summed E-state index contributed by atoms with van der Waals surface area (Å²) in [5.74, 6) is 0. The lowest BCUT2D eigenvalue weighted by atomic mass is 10.1. The summed E-state index contributed by atoms with van der Waals surface area (Å²) in [6, 6.07) is 6.51. The number of thiophene rings is 1. The van der Waals surface area contributed by atoms with Crippen molar-refractivity contribution in [1.29, 1.82) is 0 Å². The largest absolute Gasteiger partial charge is 0.360 e. The van der Waals surface area contributed by atoms with Gasteiger partial charge in [-0.05, 0) is 35.9 Å². The molecule has 0 fully saturated rings. The first-order valence-electron chi connectivity index (χ1n) is 5.11. The van der Waals surface area contributed by atoms with Gasteiger partial charge < -0.3 is 4.98 Å². The topological polar surface area (TPSA) is 15.8 Å². The molecule has 0 radical (unpaired) electrons. The molecular weight excluding hydrogens is 190 g/mol. The number of rotatable bonds is 4. The Morgan fingerprint density at radius 2 is 2.36 bits per heavy atom. The van der Waals surface area contributed by atoms with E-state index in [9.17, 15) is 0 Å². The van der Waals surface area contributed by atoms with E-state index < -0.39 is 0 Å². The average molecular weight is 205 g/mol. The van der Waals surface area contributed by atoms with Crippen molar-refractivity contribution >= 4 is 11.3 Å². The molecule has 0 saturated carbocycles. The van der Waals surface area contributed by atoms with Gasteiger partial charge in [0.25, 0.3) is 0 Å². The number of aromatic amines is 1. The molecule has 2 rings (SSSR count). The lowest BCUT2D eigenvalue weighted by Gasteiger charge is -1.92. The van der Waals surface area contributed by atoms with Gasteiger partial charge in [-0.3, -0.25) is 0 Å². The SMILES string of the molecule is CCCCc1c[nH]c(-c2cccs2)c1. The van der Waals surface area contributed by atoms with Crippen molar-refractivity contribution in [3.8, 4) is 10.6 Å². The Balaban J connectivity index is 2.10. The fourth-order valence-electron chi connectivity index (χ4n) is 1.54. The number of aryl methyl sites for hydroxylation is 1. The van der Waals surface area contributed by atoms with Gasteiger partial charge in [0.15, 0.2) is 0 Å². The van der Waals surface area contributed by atoms with Gasteiger partial charge in [0.05, 0.1) is 10.6 Å². The Morgan fingerprint density at radius 3 is 3.07 bits per heavy atom. The Bertz CT molecular complexity index is 373. The summed E-state index contributed by atoms with van der Waals surface area (Å²) in [4.78, 5) is 4.65. The molecule has 0 unspecified atom stereocenters. The minimum Gasteiger partial charge on any atom is -0.360 e. The number of hydrogen-bond acceptors (Lipinski definition) is 1. The van der Waals surface area contributed by atoms with E-state index in [0.29, 0.717) is 0 Å². The van der Waals surface area contributed by atoms with Crippen molar-refractivity contribution in [1.82, 2.24) is 4.98 Å². The van der Waals surface area contributed by atoms with Gasteiger partial charge in [-0.1, -0.05) is 19.4 Å². The van der Waals surface area contributed by atoms with E-state index in [1.165, 1.54) is 35.4 Å². The molecular formula is C12H15NS. The fraction of sp³-hybridized carbons (Fsp3) is 0.333. The van der Waals surface area contributed by atoms with Crippen molar-refractivity contribution in [2.24, 2.45) is 0 Å². The monoisotopic (exact) mass is 205 g/mol. The molecule has 0 atom stereocenters. The Labute approximate surface area is 88.8 Å². The molecule has 2 heteroatoms. The summed E-state index contributed by atoms with van der Waals surface area (Å²) in [5.41, 5.74) is 2.68. The van der Waals surface area contributed by atoms with Crippen LogP contribution in [0, 0.1) is 0 Å². The summed E-state index contributed by atoms with van der Waals surface area (Å²) in [6.07, 6.45) is 5.87. The lowest BCUT2D eigenvalue weighted by Crippen LogP contribution is -1.78. The number of hydrogen-bond donors (Lipinski definition) is 1.